The molecule has 0 saturated carbocycles. The van der Waals surface area contributed by atoms with Crippen LogP contribution in [0.2, 0.25) is 0 Å². The Morgan fingerprint density at radius 2 is 1.74 bits per heavy atom. The molecule has 2 aromatic rings. The van der Waals surface area contributed by atoms with Gasteiger partial charge < -0.3 is 14.8 Å². The van der Waals surface area contributed by atoms with E-state index < -0.39 is 0 Å². The van der Waals surface area contributed by atoms with E-state index in [9.17, 15) is 9.18 Å². The number of methoxy groups -OCH3 is 2. The Balaban J connectivity index is 1.86. The second kappa shape index (κ2) is 8.17. The van der Waals surface area contributed by atoms with Gasteiger partial charge in [-0.25, -0.2) is 4.39 Å². The molecule has 4 nitrogen and oxygen atoms in total. The standard InChI is InChI=1S/C18H20FNO3/c1-22-16-9-14(10-17(11-16)23-2)12-20-18(21)7-6-13-4-3-5-15(19)8-13/h3-5,8-11H,6-7,12H2,1-2H3,(H,20,21). The Labute approximate surface area is 135 Å². The van der Waals surface area contributed by atoms with Crippen LogP contribution in [0.25, 0.3) is 0 Å². The molecule has 1 N–H and O–H groups in total. The lowest BCUT2D eigenvalue weighted by Crippen LogP contribution is -2.23. The molecule has 0 fully saturated rings. The number of rotatable bonds is 7. The number of nitrogens with one attached hydrogen (secondary N) is 1. The first-order valence-corrected chi connectivity index (χ1v) is 7.34. The molecule has 0 unspecified atom stereocenters. The van der Waals surface area contributed by atoms with Gasteiger partial charge in [-0.2, -0.15) is 0 Å². The van der Waals surface area contributed by atoms with Crippen LogP contribution in [0.3, 0.4) is 0 Å². The zero-order valence-electron chi connectivity index (χ0n) is 13.3. The first-order valence-electron chi connectivity index (χ1n) is 7.34. The van der Waals surface area contributed by atoms with Crippen molar-refractivity contribution in [3.8, 4) is 11.5 Å². The van der Waals surface area contributed by atoms with Gasteiger partial charge >= 0.3 is 0 Å². The van der Waals surface area contributed by atoms with E-state index in [0.29, 0.717) is 30.9 Å². The van der Waals surface area contributed by atoms with Crippen molar-refractivity contribution in [3.63, 3.8) is 0 Å². The molecule has 0 spiro atoms. The number of aryl methyl sites for hydroxylation is 1. The summed E-state index contributed by atoms with van der Waals surface area (Å²) < 4.78 is 23.5. The molecule has 0 saturated heterocycles. The van der Waals surface area contributed by atoms with E-state index >= 15 is 0 Å². The SMILES string of the molecule is COc1cc(CNC(=O)CCc2cccc(F)c2)cc(OC)c1. The lowest BCUT2D eigenvalue weighted by Gasteiger charge is -2.10. The zero-order valence-corrected chi connectivity index (χ0v) is 13.3. The summed E-state index contributed by atoms with van der Waals surface area (Å²) in [5, 5.41) is 2.84. The van der Waals surface area contributed by atoms with Gasteiger partial charge in [-0.3, -0.25) is 4.79 Å². The Morgan fingerprint density at radius 1 is 1.04 bits per heavy atom. The maximum absolute atomic E-state index is 13.1. The van der Waals surface area contributed by atoms with Crippen molar-refractivity contribution in [1.29, 1.82) is 0 Å². The number of carbonyl (C=O) groups is 1. The number of carbonyl (C=O) groups excluding carboxylic acids is 1. The first-order chi connectivity index (χ1) is 11.1. The van der Waals surface area contributed by atoms with Crippen molar-refractivity contribution in [2.24, 2.45) is 0 Å². The van der Waals surface area contributed by atoms with Crippen molar-refractivity contribution < 1.29 is 18.7 Å². The van der Waals surface area contributed by atoms with Crippen LogP contribution in [0.15, 0.2) is 42.5 Å². The maximum atomic E-state index is 13.1. The van der Waals surface area contributed by atoms with Crippen LogP contribution >= 0.6 is 0 Å². The Morgan fingerprint density at radius 3 is 2.35 bits per heavy atom. The summed E-state index contributed by atoms with van der Waals surface area (Å²) in [6.45, 7) is 0.384. The number of halogens is 1. The number of hydrogen-bond donors (Lipinski definition) is 1. The minimum absolute atomic E-state index is 0.0870. The normalized spacial score (nSPS) is 10.2. The lowest BCUT2D eigenvalue weighted by molar-refractivity contribution is -0.121. The highest BCUT2D eigenvalue weighted by Crippen LogP contribution is 2.22. The summed E-state index contributed by atoms with van der Waals surface area (Å²) in [5.74, 6) is 0.976. The predicted octanol–water partition coefficient (Wildman–Crippen LogP) is 3.09. The monoisotopic (exact) mass is 317 g/mol. The Bertz CT molecular complexity index is 651. The van der Waals surface area contributed by atoms with E-state index in [1.165, 1.54) is 12.1 Å². The highest BCUT2D eigenvalue weighted by Gasteiger charge is 2.06. The smallest absolute Gasteiger partial charge is 0.220 e. The van der Waals surface area contributed by atoms with Gasteiger partial charge in [-0.1, -0.05) is 12.1 Å². The minimum atomic E-state index is -0.286. The van der Waals surface area contributed by atoms with Gasteiger partial charge in [0.05, 0.1) is 14.2 Å². The summed E-state index contributed by atoms with van der Waals surface area (Å²) >= 11 is 0. The summed E-state index contributed by atoms with van der Waals surface area (Å²) in [5.41, 5.74) is 1.70. The average Bonchev–Trinajstić information content (AvgIpc) is 2.57. The zero-order chi connectivity index (χ0) is 16.7. The molecule has 2 rings (SSSR count). The molecule has 0 aromatic heterocycles. The van der Waals surface area contributed by atoms with Crippen LogP contribution in [-0.2, 0) is 17.8 Å². The molecule has 0 aliphatic heterocycles. The fraction of sp³-hybridized carbons (Fsp3) is 0.278. The summed E-state index contributed by atoms with van der Waals surface area (Å²) in [4.78, 5) is 11.9. The highest BCUT2D eigenvalue weighted by atomic mass is 19.1. The quantitative estimate of drug-likeness (QED) is 0.853. The third-order valence-corrected chi connectivity index (χ3v) is 3.43. The van der Waals surface area contributed by atoms with E-state index in [1.54, 1.807) is 26.4 Å². The van der Waals surface area contributed by atoms with E-state index in [0.717, 1.165) is 11.1 Å². The Hall–Kier alpha value is -2.56. The molecule has 0 radical (unpaired) electrons. The van der Waals surface area contributed by atoms with Gasteiger partial charge in [-0.05, 0) is 41.8 Å². The van der Waals surface area contributed by atoms with Gasteiger partial charge in [0.25, 0.3) is 0 Å². The molecular weight excluding hydrogens is 297 g/mol. The van der Waals surface area contributed by atoms with Crippen molar-refractivity contribution in [2.75, 3.05) is 14.2 Å². The fourth-order valence-corrected chi connectivity index (χ4v) is 2.21. The van der Waals surface area contributed by atoms with Crippen LogP contribution < -0.4 is 14.8 Å². The van der Waals surface area contributed by atoms with Crippen LogP contribution in [-0.4, -0.2) is 20.1 Å². The molecule has 23 heavy (non-hydrogen) atoms. The van der Waals surface area contributed by atoms with Crippen molar-refractivity contribution in [3.05, 3.63) is 59.4 Å². The van der Waals surface area contributed by atoms with Gasteiger partial charge in [0.15, 0.2) is 0 Å². The molecule has 0 heterocycles. The fourth-order valence-electron chi connectivity index (χ4n) is 2.21. The second-order valence-electron chi connectivity index (χ2n) is 5.13. The van der Waals surface area contributed by atoms with Crippen molar-refractivity contribution in [1.82, 2.24) is 5.32 Å². The summed E-state index contributed by atoms with van der Waals surface area (Å²) in [6.07, 6.45) is 0.815. The van der Waals surface area contributed by atoms with E-state index in [-0.39, 0.29) is 11.7 Å². The number of benzene rings is 2. The van der Waals surface area contributed by atoms with Crippen LogP contribution in [0.5, 0.6) is 11.5 Å². The van der Waals surface area contributed by atoms with Crippen molar-refractivity contribution >= 4 is 5.91 Å². The van der Waals surface area contributed by atoms with E-state index in [1.807, 2.05) is 18.2 Å². The molecule has 0 bridgehead atoms. The third-order valence-electron chi connectivity index (χ3n) is 3.43. The number of hydrogen-bond acceptors (Lipinski definition) is 3. The second-order valence-corrected chi connectivity index (χ2v) is 5.13. The van der Waals surface area contributed by atoms with Crippen molar-refractivity contribution in [2.45, 2.75) is 19.4 Å². The first kappa shape index (κ1) is 16.8. The molecule has 122 valence electrons. The summed E-state index contributed by atoms with van der Waals surface area (Å²) in [7, 11) is 3.16. The Kier molecular flexibility index (Phi) is 5.97. The van der Waals surface area contributed by atoms with E-state index in [4.69, 9.17) is 9.47 Å². The molecule has 1 amide bonds. The topological polar surface area (TPSA) is 47.6 Å². The van der Waals surface area contributed by atoms with Crippen LogP contribution in [0.4, 0.5) is 4.39 Å². The highest BCUT2D eigenvalue weighted by molar-refractivity contribution is 5.76. The third kappa shape index (κ3) is 5.29. The number of ether oxygens (including phenoxy) is 2. The van der Waals surface area contributed by atoms with Gasteiger partial charge in [-0.15, -0.1) is 0 Å². The maximum Gasteiger partial charge on any atom is 0.220 e. The van der Waals surface area contributed by atoms with Gasteiger partial charge in [0.1, 0.15) is 17.3 Å². The van der Waals surface area contributed by atoms with E-state index in [2.05, 4.69) is 5.32 Å². The summed E-state index contributed by atoms with van der Waals surface area (Å²) in [6, 6.07) is 11.7. The average molecular weight is 317 g/mol. The molecule has 0 atom stereocenters. The predicted molar refractivity (Wildman–Crippen MR) is 86.1 cm³/mol. The number of amides is 1. The van der Waals surface area contributed by atoms with Crippen LogP contribution in [0, 0.1) is 5.82 Å². The largest absolute Gasteiger partial charge is 0.497 e. The molecule has 2 aromatic carbocycles. The van der Waals surface area contributed by atoms with Gasteiger partial charge in [0.2, 0.25) is 5.91 Å². The molecule has 0 aliphatic carbocycles. The molecule has 0 aliphatic rings. The lowest BCUT2D eigenvalue weighted by atomic mass is 10.1. The van der Waals surface area contributed by atoms with Gasteiger partial charge in [0, 0.05) is 19.0 Å². The molecule has 5 heteroatoms. The molecular formula is C18H20FNO3. The van der Waals surface area contributed by atoms with Crippen LogP contribution in [0.1, 0.15) is 17.5 Å². The minimum Gasteiger partial charge on any atom is -0.497 e.